The Kier molecular flexibility index (Phi) is 5.65. The van der Waals surface area contributed by atoms with E-state index in [9.17, 15) is 8.42 Å². The Morgan fingerprint density at radius 3 is 2.03 bits per heavy atom. The van der Waals surface area contributed by atoms with Crippen LogP contribution in [0.5, 0.6) is 0 Å². The first-order chi connectivity index (χ1) is 14.8. The maximum atomic E-state index is 13.5. The number of aryl methyl sites for hydroxylation is 2. The summed E-state index contributed by atoms with van der Waals surface area (Å²) >= 11 is 0. The monoisotopic (exact) mass is 432 g/mol. The molecule has 5 nitrogen and oxygen atoms in total. The fourth-order valence-corrected chi connectivity index (χ4v) is 4.64. The summed E-state index contributed by atoms with van der Waals surface area (Å²) in [6, 6.07) is 24.2. The van der Waals surface area contributed by atoms with Crippen LogP contribution in [-0.4, -0.2) is 20.4 Å². The number of sulfone groups is 1. The second-order valence-corrected chi connectivity index (χ2v) is 9.52. The quantitative estimate of drug-likeness (QED) is 0.407. The Bertz CT molecular complexity index is 1280. The molecule has 0 spiro atoms. The smallest absolute Gasteiger partial charge is 0.236 e. The van der Waals surface area contributed by atoms with Crippen LogP contribution < -0.4 is 4.90 Å². The van der Waals surface area contributed by atoms with Crippen LogP contribution in [0, 0.1) is 13.8 Å². The number of rotatable bonds is 6. The van der Waals surface area contributed by atoms with Gasteiger partial charge in [0.15, 0.2) is 0 Å². The van der Waals surface area contributed by atoms with Crippen LogP contribution in [0.4, 0.5) is 5.88 Å². The lowest BCUT2D eigenvalue weighted by atomic mass is 10.1. The molecule has 0 N–H and O–H groups in total. The van der Waals surface area contributed by atoms with E-state index in [1.165, 1.54) is 0 Å². The third-order valence-electron chi connectivity index (χ3n) is 5.07. The van der Waals surface area contributed by atoms with E-state index in [0.29, 0.717) is 6.54 Å². The molecule has 0 bridgehead atoms. The highest BCUT2D eigenvalue weighted by Gasteiger charge is 2.30. The number of hydrogen-bond acceptors (Lipinski definition) is 5. The van der Waals surface area contributed by atoms with E-state index in [0.717, 1.165) is 22.3 Å². The molecule has 6 heteroatoms. The van der Waals surface area contributed by atoms with Gasteiger partial charge in [0.1, 0.15) is 0 Å². The fourth-order valence-electron chi connectivity index (χ4n) is 3.29. The summed E-state index contributed by atoms with van der Waals surface area (Å²) in [6.45, 7) is 4.40. The topological polar surface area (TPSA) is 63.4 Å². The number of oxazole rings is 1. The summed E-state index contributed by atoms with van der Waals surface area (Å²) in [4.78, 5) is 6.42. The SMILES string of the molecule is Cc1ccc(-c2nc(S(=O)(=O)c3ccc(C)cc3)c(N(C)Cc3ccccc3)o2)cc1. The molecule has 0 saturated carbocycles. The molecule has 31 heavy (non-hydrogen) atoms. The maximum absolute atomic E-state index is 13.5. The van der Waals surface area contributed by atoms with Gasteiger partial charge >= 0.3 is 0 Å². The molecule has 0 saturated heterocycles. The number of benzene rings is 3. The first-order valence-electron chi connectivity index (χ1n) is 9.99. The van der Waals surface area contributed by atoms with E-state index in [-0.39, 0.29) is 21.7 Å². The third-order valence-corrected chi connectivity index (χ3v) is 6.74. The van der Waals surface area contributed by atoms with Gasteiger partial charge in [0.05, 0.1) is 4.90 Å². The van der Waals surface area contributed by atoms with Crippen molar-refractivity contribution in [3.05, 3.63) is 95.6 Å². The molecule has 1 heterocycles. The molecule has 0 radical (unpaired) electrons. The lowest BCUT2D eigenvalue weighted by Crippen LogP contribution is -2.18. The van der Waals surface area contributed by atoms with Gasteiger partial charge in [0.25, 0.3) is 0 Å². The van der Waals surface area contributed by atoms with Crippen molar-refractivity contribution in [1.29, 1.82) is 0 Å². The van der Waals surface area contributed by atoms with Crippen molar-refractivity contribution in [3.8, 4) is 11.5 Å². The summed E-state index contributed by atoms with van der Waals surface area (Å²) in [7, 11) is -2.06. The molecule has 3 aromatic carbocycles. The molecule has 158 valence electrons. The third kappa shape index (κ3) is 4.39. The summed E-state index contributed by atoms with van der Waals surface area (Å²) in [5, 5.41) is -0.0784. The molecular formula is C25H24N2O3S. The number of hydrogen-bond donors (Lipinski definition) is 0. The Hall–Kier alpha value is -3.38. The summed E-state index contributed by atoms with van der Waals surface area (Å²) in [6.07, 6.45) is 0. The van der Waals surface area contributed by atoms with Gasteiger partial charge in [0, 0.05) is 19.2 Å². The molecule has 0 atom stereocenters. The van der Waals surface area contributed by atoms with Crippen LogP contribution in [0.25, 0.3) is 11.5 Å². The molecule has 0 aliphatic heterocycles. The molecule has 0 fully saturated rings. The molecular weight excluding hydrogens is 408 g/mol. The van der Waals surface area contributed by atoms with Crippen LogP contribution in [0.15, 0.2) is 93.2 Å². The van der Waals surface area contributed by atoms with Crippen molar-refractivity contribution in [2.24, 2.45) is 0 Å². The average molecular weight is 433 g/mol. The molecule has 0 aliphatic carbocycles. The van der Waals surface area contributed by atoms with E-state index in [1.54, 1.807) is 36.2 Å². The van der Waals surface area contributed by atoms with Crippen LogP contribution in [0.2, 0.25) is 0 Å². The number of nitrogens with zero attached hydrogens (tertiary/aromatic N) is 2. The second-order valence-electron chi connectivity index (χ2n) is 7.65. The van der Waals surface area contributed by atoms with E-state index in [2.05, 4.69) is 4.98 Å². The van der Waals surface area contributed by atoms with Crippen molar-refractivity contribution < 1.29 is 12.8 Å². The normalized spacial score (nSPS) is 11.5. The minimum Gasteiger partial charge on any atom is -0.419 e. The highest BCUT2D eigenvalue weighted by molar-refractivity contribution is 7.91. The van der Waals surface area contributed by atoms with Gasteiger partial charge in [-0.3, -0.25) is 0 Å². The zero-order valence-corrected chi connectivity index (χ0v) is 18.6. The Balaban J connectivity index is 1.81. The Labute approximate surface area is 182 Å². The average Bonchev–Trinajstić information content (AvgIpc) is 3.22. The predicted molar refractivity (Wildman–Crippen MR) is 122 cm³/mol. The van der Waals surface area contributed by atoms with Crippen LogP contribution in [0.3, 0.4) is 0 Å². The van der Waals surface area contributed by atoms with Gasteiger partial charge in [0.2, 0.25) is 26.6 Å². The Morgan fingerprint density at radius 1 is 0.839 bits per heavy atom. The lowest BCUT2D eigenvalue weighted by Gasteiger charge is -2.17. The van der Waals surface area contributed by atoms with Crippen LogP contribution in [-0.2, 0) is 16.4 Å². The molecule has 0 aliphatic rings. The van der Waals surface area contributed by atoms with E-state index in [1.807, 2.05) is 68.4 Å². The first kappa shape index (κ1) is 20.9. The van der Waals surface area contributed by atoms with E-state index in [4.69, 9.17) is 4.42 Å². The minimum absolute atomic E-state index is 0.0784. The van der Waals surface area contributed by atoms with Crippen molar-refractivity contribution >= 4 is 15.7 Å². The van der Waals surface area contributed by atoms with Gasteiger partial charge in [-0.15, -0.1) is 0 Å². The summed E-state index contributed by atoms with van der Waals surface area (Å²) < 4.78 is 33.0. The van der Waals surface area contributed by atoms with Gasteiger partial charge in [-0.25, -0.2) is 8.42 Å². The Morgan fingerprint density at radius 2 is 1.42 bits per heavy atom. The molecule has 0 unspecified atom stereocenters. The maximum Gasteiger partial charge on any atom is 0.236 e. The van der Waals surface area contributed by atoms with E-state index < -0.39 is 9.84 Å². The summed E-state index contributed by atoms with van der Waals surface area (Å²) in [5.41, 5.74) is 3.85. The second kappa shape index (κ2) is 8.40. The van der Waals surface area contributed by atoms with Gasteiger partial charge in [-0.05, 0) is 43.7 Å². The zero-order valence-electron chi connectivity index (χ0n) is 17.7. The van der Waals surface area contributed by atoms with Crippen LogP contribution in [0.1, 0.15) is 16.7 Å². The standard InChI is InChI=1S/C25H24N2O3S/c1-18-9-13-21(14-10-18)23-26-24(31(28,29)22-15-11-19(2)12-16-22)25(30-23)27(3)17-20-7-5-4-6-8-20/h4-16H,17H2,1-3H3. The number of aromatic nitrogens is 1. The molecule has 0 amide bonds. The largest absolute Gasteiger partial charge is 0.419 e. The highest BCUT2D eigenvalue weighted by atomic mass is 32.2. The molecule has 4 aromatic rings. The van der Waals surface area contributed by atoms with Gasteiger partial charge in [-0.2, -0.15) is 4.98 Å². The lowest BCUT2D eigenvalue weighted by molar-refractivity contribution is 0.554. The van der Waals surface area contributed by atoms with E-state index >= 15 is 0 Å². The first-order valence-corrected chi connectivity index (χ1v) is 11.5. The van der Waals surface area contributed by atoms with Crippen molar-refractivity contribution in [3.63, 3.8) is 0 Å². The highest BCUT2D eigenvalue weighted by Crippen LogP contribution is 2.35. The molecule has 1 aromatic heterocycles. The van der Waals surface area contributed by atoms with Gasteiger partial charge < -0.3 is 9.32 Å². The predicted octanol–water partition coefficient (Wildman–Crippen LogP) is 5.43. The van der Waals surface area contributed by atoms with Gasteiger partial charge in [-0.1, -0.05) is 65.7 Å². The van der Waals surface area contributed by atoms with Crippen molar-refractivity contribution in [2.45, 2.75) is 30.3 Å². The van der Waals surface area contributed by atoms with Crippen LogP contribution >= 0.6 is 0 Å². The zero-order chi connectivity index (χ0) is 22.0. The molecule has 4 rings (SSSR count). The summed E-state index contributed by atoms with van der Waals surface area (Å²) in [5.74, 6) is 0.501. The fraction of sp³-hybridized carbons (Fsp3) is 0.160. The minimum atomic E-state index is -3.87. The number of anilines is 1. The van der Waals surface area contributed by atoms with Crippen molar-refractivity contribution in [2.75, 3.05) is 11.9 Å². The van der Waals surface area contributed by atoms with Crippen molar-refractivity contribution in [1.82, 2.24) is 4.98 Å².